The molecule has 0 N–H and O–H groups in total. The van der Waals surface area contributed by atoms with Gasteiger partial charge in [-0.2, -0.15) is 0 Å². The Kier molecular flexibility index (Phi) is 6.75. The van der Waals surface area contributed by atoms with Gasteiger partial charge in [-0.25, -0.2) is 0 Å². The van der Waals surface area contributed by atoms with Gasteiger partial charge in [0.25, 0.3) is 0 Å². The Balaban J connectivity index is 2.19. The molecular formula is C21H39NO2. The van der Waals surface area contributed by atoms with E-state index in [0.717, 1.165) is 19.4 Å². The van der Waals surface area contributed by atoms with Crippen LogP contribution in [0.15, 0.2) is 0 Å². The molecule has 2 heterocycles. The first-order valence-electron chi connectivity index (χ1n) is 10.2. The van der Waals surface area contributed by atoms with Crippen LogP contribution in [0.4, 0.5) is 0 Å². The number of likely N-dealkylation sites (tertiary alicyclic amines) is 1. The topological polar surface area (TPSA) is 29.5 Å². The van der Waals surface area contributed by atoms with E-state index in [9.17, 15) is 4.79 Å². The van der Waals surface area contributed by atoms with Crippen LogP contribution in [0.1, 0.15) is 74.1 Å². The molecule has 3 nitrogen and oxygen atoms in total. The second-order valence-corrected chi connectivity index (χ2v) is 9.07. The molecule has 4 unspecified atom stereocenters. The third-order valence-corrected chi connectivity index (χ3v) is 6.31. The molecule has 0 spiro atoms. The highest BCUT2D eigenvalue weighted by Crippen LogP contribution is 2.38. The van der Waals surface area contributed by atoms with Gasteiger partial charge in [-0.1, -0.05) is 41.0 Å². The zero-order chi connectivity index (χ0) is 18.0. The molecule has 0 saturated carbocycles. The van der Waals surface area contributed by atoms with Gasteiger partial charge in [0.05, 0.1) is 12.2 Å². The first-order valence-corrected chi connectivity index (χ1v) is 10.2. The first kappa shape index (κ1) is 19.8. The number of carbonyl (C=O) groups is 1. The SMILES string of the molecule is CCC1C[C@@H](C(C)C)N(C(=O)C(C(C)C)C2CC(C)OC(C)C2)C1. The van der Waals surface area contributed by atoms with Crippen LogP contribution in [0.3, 0.4) is 0 Å². The molecule has 0 bridgehead atoms. The quantitative estimate of drug-likeness (QED) is 0.725. The highest BCUT2D eigenvalue weighted by molar-refractivity contribution is 5.80. The summed E-state index contributed by atoms with van der Waals surface area (Å²) in [5, 5.41) is 0. The molecule has 2 saturated heterocycles. The molecule has 0 radical (unpaired) electrons. The maximum atomic E-state index is 13.6. The number of ether oxygens (including phenoxy) is 1. The summed E-state index contributed by atoms with van der Waals surface area (Å²) in [5.74, 6) is 2.66. The van der Waals surface area contributed by atoms with E-state index in [1.54, 1.807) is 0 Å². The molecule has 5 atom stereocenters. The fraction of sp³-hybridized carbons (Fsp3) is 0.952. The zero-order valence-corrected chi connectivity index (χ0v) is 16.9. The molecule has 0 aromatic heterocycles. The van der Waals surface area contributed by atoms with E-state index >= 15 is 0 Å². The summed E-state index contributed by atoms with van der Waals surface area (Å²) in [6, 6.07) is 0.429. The van der Waals surface area contributed by atoms with Crippen molar-refractivity contribution in [1.82, 2.24) is 4.90 Å². The van der Waals surface area contributed by atoms with E-state index < -0.39 is 0 Å². The van der Waals surface area contributed by atoms with Crippen molar-refractivity contribution in [2.75, 3.05) is 6.54 Å². The maximum Gasteiger partial charge on any atom is 0.226 e. The third kappa shape index (κ3) is 4.33. The van der Waals surface area contributed by atoms with Crippen LogP contribution in [-0.4, -0.2) is 35.6 Å². The van der Waals surface area contributed by atoms with Gasteiger partial charge in [-0.3, -0.25) is 4.79 Å². The lowest BCUT2D eigenvalue weighted by molar-refractivity contribution is -0.145. The van der Waals surface area contributed by atoms with Crippen molar-refractivity contribution in [2.45, 2.75) is 92.4 Å². The lowest BCUT2D eigenvalue weighted by atomic mass is 9.75. The minimum Gasteiger partial charge on any atom is -0.376 e. The largest absolute Gasteiger partial charge is 0.376 e. The fourth-order valence-corrected chi connectivity index (χ4v) is 5.11. The molecule has 0 aliphatic carbocycles. The molecule has 1 amide bonds. The van der Waals surface area contributed by atoms with Crippen molar-refractivity contribution in [3.63, 3.8) is 0 Å². The van der Waals surface area contributed by atoms with Gasteiger partial charge >= 0.3 is 0 Å². The van der Waals surface area contributed by atoms with Crippen LogP contribution in [0.25, 0.3) is 0 Å². The molecular weight excluding hydrogens is 298 g/mol. The Labute approximate surface area is 149 Å². The summed E-state index contributed by atoms with van der Waals surface area (Å²) in [5.41, 5.74) is 0. The van der Waals surface area contributed by atoms with Crippen LogP contribution in [-0.2, 0) is 9.53 Å². The Bertz CT molecular complexity index is 410. The Morgan fingerprint density at radius 1 is 1.08 bits per heavy atom. The number of amides is 1. The smallest absolute Gasteiger partial charge is 0.226 e. The molecule has 140 valence electrons. The summed E-state index contributed by atoms with van der Waals surface area (Å²) in [4.78, 5) is 15.8. The van der Waals surface area contributed by atoms with Crippen LogP contribution in [0.5, 0.6) is 0 Å². The van der Waals surface area contributed by atoms with E-state index in [1.165, 1.54) is 12.8 Å². The fourth-order valence-electron chi connectivity index (χ4n) is 5.11. The average Bonchev–Trinajstić information content (AvgIpc) is 2.90. The van der Waals surface area contributed by atoms with Crippen molar-refractivity contribution in [3.05, 3.63) is 0 Å². The van der Waals surface area contributed by atoms with Crippen molar-refractivity contribution in [1.29, 1.82) is 0 Å². The monoisotopic (exact) mass is 337 g/mol. The summed E-state index contributed by atoms with van der Waals surface area (Å²) in [6.07, 6.45) is 4.97. The Morgan fingerprint density at radius 2 is 1.67 bits per heavy atom. The van der Waals surface area contributed by atoms with Crippen LogP contribution < -0.4 is 0 Å². The van der Waals surface area contributed by atoms with Crippen molar-refractivity contribution in [2.24, 2.45) is 29.6 Å². The van der Waals surface area contributed by atoms with Gasteiger partial charge in [0.15, 0.2) is 0 Å². The van der Waals surface area contributed by atoms with Gasteiger partial charge in [0, 0.05) is 18.5 Å². The second-order valence-electron chi connectivity index (χ2n) is 9.07. The number of carbonyl (C=O) groups excluding carboxylic acids is 1. The number of hydrogen-bond donors (Lipinski definition) is 0. The van der Waals surface area contributed by atoms with Crippen LogP contribution >= 0.6 is 0 Å². The molecule has 24 heavy (non-hydrogen) atoms. The van der Waals surface area contributed by atoms with Crippen molar-refractivity contribution >= 4 is 5.91 Å². The Morgan fingerprint density at radius 3 is 2.12 bits per heavy atom. The first-order chi connectivity index (χ1) is 11.2. The van der Waals surface area contributed by atoms with E-state index in [2.05, 4.69) is 53.4 Å². The molecule has 2 aliphatic rings. The summed E-state index contributed by atoms with van der Waals surface area (Å²) < 4.78 is 5.92. The van der Waals surface area contributed by atoms with E-state index in [0.29, 0.717) is 35.6 Å². The molecule has 0 aromatic rings. The van der Waals surface area contributed by atoms with Gasteiger partial charge < -0.3 is 9.64 Å². The third-order valence-electron chi connectivity index (χ3n) is 6.31. The van der Waals surface area contributed by atoms with E-state index in [4.69, 9.17) is 4.74 Å². The minimum atomic E-state index is 0.149. The molecule has 2 fully saturated rings. The summed E-state index contributed by atoms with van der Waals surface area (Å²) in [7, 11) is 0. The van der Waals surface area contributed by atoms with Crippen molar-refractivity contribution < 1.29 is 9.53 Å². The summed E-state index contributed by atoms with van der Waals surface area (Å²) >= 11 is 0. The molecule has 0 aromatic carbocycles. The number of rotatable bonds is 5. The predicted molar refractivity (Wildman–Crippen MR) is 99.8 cm³/mol. The molecule has 2 aliphatic heterocycles. The minimum absolute atomic E-state index is 0.149. The van der Waals surface area contributed by atoms with Crippen molar-refractivity contribution in [3.8, 4) is 0 Å². The summed E-state index contributed by atoms with van der Waals surface area (Å²) in [6.45, 7) is 16.5. The normalized spacial score (nSPS) is 35.7. The highest BCUT2D eigenvalue weighted by Gasteiger charge is 2.43. The molecule has 2 rings (SSSR count). The number of hydrogen-bond acceptors (Lipinski definition) is 2. The zero-order valence-electron chi connectivity index (χ0n) is 16.9. The van der Waals surface area contributed by atoms with Gasteiger partial charge in [-0.15, -0.1) is 0 Å². The maximum absolute atomic E-state index is 13.6. The average molecular weight is 338 g/mol. The van der Waals surface area contributed by atoms with Crippen LogP contribution in [0.2, 0.25) is 0 Å². The van der Waals surface area contributed by atoms with E-state index in [1.807, 2.05) is 0 Å². The lowest BCUT2D eigenvalue weighted by Gasteiger charge is -2.40. The Hall–Kier alpha value is -0.570. The highest BCUT2D eigenvalue weighted by atomic mass is 16.5. The lowest BCUT2D eigenvalue weighted by Crippen LogP contribution is -2.47. The molecule has 3 heteroatoms. The number of nitrogens with zero attached hydrogens (tertiary/aromatic N) is 1. The van der Waals surface area contributed by atoms with Gasteiger partial charge in [0.1, 0.15) is 0 Å². The van der Waals surface area contributed by atoms with Gasteiger partial charge in [0.2, 0.25) is 5.91 Å². The van der Waals surface area contributed by atoms with Crippen LogP contribution in [0, 0.1) is 29.6 Å². The van der Waals surface area contributed by atoms with Gasteiger partial charge in [-0.05, 0) is 56.8 Å². The predicted octanol–water partition coefficient (Wildman–Crippen LogP) is 4.75. The standard InChI is InChI=1S/C21H39NO2/c1-8-17-11-19(13(2)3)22(12-17)21(23)20(14(4)5)18-9-15(6)24-16(7)10-18/h13-20H,8-12H2,1-7H3/t15?,16?,17?,18?,19-,20?/m0/s1. The van der Waals surface area contributed by atoms with E-state index in [-0.39, 0.29) is 18.1 Å². The second kappa shape index (κ2) is 8.21.